The minimum absolute atomic E-state index is 0.149. The number of nitrogens with zero attached hydrogens (tertiary/aromatic N) is 4. The van der Waals surface area contributed by atoms with Crippen LogP contribution in [0.4, 0.5) is 5.82 Å². The van der Waals surface area contributed by atoms with Crippen molar-refractivity contribution >= 4 is 22.8 Å². The Bertz CT molecular complexity index is 1100. The number of pyridine rings is 1. The molecule has 1 saturated carbocycles. The molecule has 0 saturated heterocycles. The first-order valence-corrected chi connectivity index (χ1v) is 9.20. The van der Waals surface area contributed by atoms with Crippen molar-refractivity contribution in [3.05, 3.63) is 46.7 Å². The lowest BCUT2D eigenvalue weighted by Crippen LogP contribution is -2.49. The van der Waals surface area contributed by atoms with Crippen molar-refractivity contribution in [2.75, 3.05) is 5.73 Å². The molecular formula is C19H20N6O2. The highest BCUT2D eigenvalue weighted by Gasteiger charge is 2.49. The molecule has 3 N–H and O–H groups in total. The van der Waals surface area contributed by atoms with Crippen LogP contribution in [0.1, 0.15) is 53.7 Å². The number of nitrogen functional groups attached to an aromatic ring is 1. The third-order valence-electron chi connectivity index (χ3n) is 5.89. The van der Waals surface area contributed by atoms with E-state index in [4.69, 9.17) is 5.73 Å². The van der Waals surface area contributed by atoms with Crippen molar-refractivity contribution in [3.8, 4) is 5.82 Å². The van der Waals surface area contributed by atoms with E-state index >= 15 is 0 Å². The zero-order valence-corrected chi connectivity index (χ0v) is 15.0. The van der Waals surface area contributed by atoms with Gasteiger partial charge in [0.25, 0.3) is 11.7 Å². The van der Waals surface area contributed by atoms with E-state index in [2.05, 4.69) is 15.3 Å². The summed E-state index contributed by atoms with van der Waals surface area (Å²) in [6, 6.07) is 3.54. The fourth-order valence-corrected chi connectivity index (χ4v) is 4.63. The summed E-state index contributed by atoms with van der Waals surface area (Å²) < 4.78 is 2.62. The largest absolute Gasteiger partial charge is 0.710 e. The van der Waals surface area contributed by atoms with E-state index in [0.29, 0.717) is 33.9 Å². The normalized spacial score (nSPS) is 18.0. The molecule has 8 heteroatoms. The average molecular weight is 364 g/mol. The summed E-state index contributed by atoms with van der Waals surface area (Å²) in [5.74, 6) is 0.639. The summed E-state index contributed by atoms with van der Waals surface area (Å²) in [5, 5.41) is 17.3. The van der Waals surface area contributed by atoms with Gasteiger partial charge in [0.2, 0.25) is 5.65 Å². The highest BCUT2D eigenvalue weighted by Crippen LogP contribution is 2.42. The summed E-state index contributed by atoms with van der Waals surface area (Å²) in [6.45, 7) is 1.87. The van der Waals surface area contributed by atoms with Crippen LogP contribution in [-0.2, 0) is 5.54 Å². The molecule has 1 fully saturated rings. The Hall–Kier alpha value is -3.16. The molecule has 1 aliphatic carbocycles. The second-order valence-electron chi connectivity index (χ2n) is 7.48. The molecule has 1 aliphatic heterocycles. The van der Waals surface area contributed by atoms with Gasteiger partial charge in [0.1, 0.15) is 23.4 Å². The van der Waals surface area contributed by atoms with Crippen LogP contribution >= 0.6 is 0 Å². The third kappa shape index (κ3) is 2.09. The van der Waals surface area contributed by atoms with E-state index in [-0.39, 0.29) is 5.91 Å². The first-order chi connectivity index (χ1) is 13.0. The van der Waals surface area contributed by atoms with Gasteiger partial charge in [0.05, 0.1) is 17.1 Å². The van der Waals surface area contributed by atoms with Crippen LogP contribution in [0.2, 0.25) is 0 Å². The fraction of sp³-hybridized carbons (Fsp3) is 0.368. The van der Waals surface area contributed by atoms with Crippen molar-refractivity contribution < 1.29 is 9.52 Å². The topological polar surface area (TPSA) is 113 Å². The van der Waals surface area contributed by atoms with E-state index in [9.17, 15) is 10.0 Å². The standard InChI is InChI=1S/C19H20N6O2/c1-11-9-13(24-8-5-12-16(20)21-10-22-17(12)24)25(27)15-14(11)18(26)23-19(15)6-3-2-4-7-19/h5,8-10H,2-4,6-7H2,1H3,(H,23,26)(H2,20,21,22). The number of fused-ring (bicyclic) bond motifs is 3. The lowest BCUT2D eigenvalue weighted by molar-refractivity contribution is -0.613. The molecule has 3 aromatic rings. The minimum atomic E-state index is -0.565. The smallest absolute Gasteiger partial charge is 0.291 e. The zero-order chi connectivity index (χ0) is 18.8. The predicted molar refractivity (Wildman–Crippen MR) is 99.2 cm³/mol. The molecule has 0 atom stereocenters. The maximum absolute atomic E-state index is 13.5. The van der Waals surface area contributed by atoms with Gasteiger partial charge >= 0.3 is 0 Å². The fourth-order valence-electron chi connectivity index (χ4n) is 4.63. The van der Waals surface area contributed by atoms with E-state index < -0.39 is 5.54 Å². The number of carbonyl (C=O) groups excluding carboxylic acids is 1. The SMILES string of the molecule is Cc1cc(-n2ccc3c(N)ncnc32)[n+]([O-])c2c1C(=O)NC21CCCCC1. The second kappa shape index (κ2) is 5.42. The maximum Gasteiger partial charge on any atom is 0.291 e. The molecule has 0 radical (unpaired) electrons. The van der Waals surface area contributed by atoms with Crippen LogP contribution in [0.3, 0.4) is 0 Å². The average Bonchev–Trinajstić information content (AvgIpc) is 3.20. The molecule has 1 spiro atoms. The third-order valence-corrected chi connectivity index (χ3v) is 5.89. The summed E-state index contributed by atoms with van der Waals surface area (Å²) >= 11 is 0. The Morgan fingerprint density at radius 2 is 2.07 bits per heavy atom. The molecule has 0 aromatic carbocycles. The van der Waals surface area contributed by atoms with Crippen LogP contribution in [0.25, 0.3) is 16.9 Å². The van der Waals surface area contributed by atoms with Gasteiger partial charge < -0.3 is 16.3 Å². The van der Waals surface area contributed by atoms with Crippen LogP contribution in [0.15, 0.2) is 24.7 Å². The molecule has 27 heavy (non-hydrogen) atoms. The maximum atomic E-state index is 13.5. The van der Waals surface area contributed by atoms with Gasteiger partial charge in [-0.2, -0.15) is 9.55 Å². The monoisotopic (exact) mass is 364 g/mol. The number of hydrogen-bond acceptors (Lipinski definition) is 5. The molecule has 2 aliphatic rings. The first-order valence-electron chi connectivity index (χ1n) is 9.20. The van der Waals surface area contributed by atoms with Gasteiger partial charge in [-0.05, 0) is 31.4 Å². The minimum Gasteiger partial charge on any atom is -0.710 e. The molecule has 8 nitrogen and oxygen atoms in total. The number of anilines is 1. The lowest BCUT2D eigenvalue weighted by Gasteiger charge is -2.34. The Morgan fingerprint density at radius 3 is 2.85 bits per heavy atom. The molecule has 5 rings (SSSR count). The van der Waals surface area contributed by atoms with Crippen LogP contribution < -0.4 is 15.8 Å². The highest BCUT2D eigenvalue weighted by molar-refractivity contribution is 6.00. The van der Waals surface area contributed by atoms with E-state index in [1.807, 2.05) is 6.92 Å². The summed E-state index contributed by atoms with van der Waals surface area (Å²) in [5.41, 5.74) is 7.79. The quantitative estimate of drug-likeness (QED) is 0.505. The number of amides is 1. The number of nitrogens with one attached hydrogen (secondary N) is 1. The van der Waals surface area contributed by atoms with E-state index in [0.717, 1.165) is 42.4 Å². The predicted octanol–water partition coefficient (Wildman–Crippen LogP) is 1.85. The van der Waals surface area contributed by atoms with E-state index in [1.165, 1.54) is 6.33 Å². The summed E-state index contributed by atoms with van der Waals surface area (Å²) in [7, 11) is 0. The van der Waals surface area contributed by atoms with Gasteiger partial charge in [-0.25, -0.2) is 9.71 Å². The van der Waals surface area contributed by atoms with Crippen LogP contribution in [-0.4, -0.2) is 20.4 Å². The van der Waals surface area contributed by atoms with Gasteiger partial charge in [0, 0.05) is 6.07 Å². The highest BCUT2D eigenvalue weighted by atomic mass is 16.5. The van der Waals surface area contributed by atoms with Crippen LogP contribution in [0.5, 0.6) is 0 Å². The number of hydrogen-bond donors (Lipinski definition) is 2. The van der Waals surface area contributed by atoms with E-state index in [1.54, 1.807) is 22.9 Å². The molecule has 0 unspecified atom stereocenters. The molecule has 3 aromatic heterocycles. The van der Waals surface area contributed by atoms with Crippen LogP contribution in [0, 0.1) is 12.1 Å². The van der Waals surface area contributed by atoms with Gasteiger partial charge in [-0.15, -0.1) is 0 Å². The number of aryl methyl sites for hydroxylation is 1. The van der Waals surface area contributed by atoms with Gasteiger partial charge in [-0.1, -0.05) is 19.3 Å². The van der Waals surface area contributed by atoms with Crippen molar-refractivity contribution in [1.82, 2.24) is 19.9 Å². The van der Waals surface area contributed by atoms with Crippen molar-refractivity contribution in [1.29, 1.82) is 0 Å². The number of rotatable bonds is 1. The number of nitrogens with two attached hydrogens (primary N) is 1. The Morgan fingerprint density at radius 1 is 1.30 bits per heavy atom. The van der Waals surface area contributed by atoms with Gasteiger partial charge in [0.15, 0.2) is 0 Å². The first kappa shape index (κ1) is 16.0. The Kier molecular flexibility index (Phi) is 3.22. The number of aromatic nitrogens is 4. The summed E-state index contributed by atoms with van der Waals surface area (Å²) in [6.07, 6.45) is 7.86. The Balaban J connectivity index is 1.79. The number of carbonyl (C=O) groups is 1. The lowest BCUT2D eigenvalue weighted by atomic mass is 9.79. The second-order valence-corrected chi connectivity index (χ2v) is 7.48. The molecule has 0 bridgehead atoms. The van der Waals surface area contributed by atoms with Crippen molar-refractivity contribution in [2.24, 2.45) is 0 Å². The molecule has 1 amide bonds. The van der Waals surface area contributed by atoms with Gasteiger partial charge in [-0.3, -0.25) is 4.79 Å². The molecule has 138 valence electrons. The zero-order valence-electron chi connectivity index (χ0n) is 15.0. The Labute approximate surface area is 155 Å². The van der Waals surface area contributed by atoms with Crippen molar-refractivity contribution in [3.63, 3.8) is 0 Å². The molecular weight excluding hydrogens is 344 g/mol. The van der Waals surface area contributed by atoms with Crippen molar-refractivity contribution in [2.45, 2.75) is 44.6 Å². The summed E-state index contributed by atoms with van der Waals surface area (Å²) in [4.78, 5) is 21.0. The molecule has 4 heterocycles.